The number of amides is 1. The van der Waals surface area contributed by atoms with E-state index in [0.29, 0.717) is 15.8 Å². The molecule has 0 bridgehead atoms. The highest BCUT2D eigenvalue weighted by atomic mass is 32.2. The summed E-state index contributed by atoms with van der Waals surface area (Å²) in [5.41, 5.74) is 0.906. The van der Waals surface area contributed by atoms with Crippen LogP contribution in [0, 0.1) is 0 Å². The van der Waals surface area contributed by atoms with E-state index in [0.717, 1.165) is 11.3 Å². The third-order valence-electron chi connectivity index (χ3n) is 2.94. The molecule has 1 aromatic carbocycles. The average Bonchev–Trinajstić information content (AvgIpc) is 3.19. The number of rotatable bonds is 4. The van der Waals surface area contributed by atoms with Crippen LogP contribution in [0.2, 0.25) is 0 Å². The maximum Gasteiger partial charge on any atom is 0.264 e. The Morgan fingerprint density at radius 3 is 2.78 bits per heavy atom. The fourth-order valence-electron chi connectivity index (χ4n) is 1.83. The number of carbonyl (C=O) groups excluding carboxylic acids is 1. The van der Waals surface area contributed by atoms with E-state index in [1.807, 2.05) is 24.3 Å². The molecule has 1 aliphatic rings. The summed E-state index contributed by atoms with van der Waals surface area (Å²) in [6, 6.07) is 11.0. The highest BCUT2D eigenvalue weighted by molar-refractivity contribution is 8.18. The number of hydrogen-bond acceptors (Lipinski definition) is 6. The van der Waals surface area contributed by atoms with Gasteiger partial charge in [-0.05, 0) is 47.7 Å². The van der Waals surface area contributed by atoms with E-state index in [1.54, 1.807) is 31.6 Å². The van der Waals surface area contributed by atoms with Crippen molar-refractivity contribution in [3.05, 3.63) is 58.9 Å². The van der Waals surface area contributed by atoms with Crippen LogP contribution in [-0.4, -0.2) is 24.4 Å². The second-order valence-electron chi connectivity index (χ2n) is 4.50. The molecule has 0 unspecified atom stereocenters. The van der Waals surface area contributed by atoms with E-state index < -0.39 is 0 Å². The van der Waals surface area contributed by atoms with E-state index >= 15 is 0 Å². The molecule has 0 spiro atoms. The summed E-state index contributed by atoms with van der Waals surface area (Å²) in [6.45, 7) is 0. The highest BCUT2D eigenvalue weighted by Crippen LogP contribution is 2.26. The maximum absolute atomic E-state index is 11.9. The lowest BCUT2D eigenvalue weighted by molar-refractivity contribution is -0.115. The minimum Gasteiger partial charge on any atom is -0.497 e. The molecule has 6 nitrogen and oxygen atoms in total. The second kappa shape index (κ2) is 6.97. The largest absolute Gasteiger partial charge is 0.497 e. The van der Waals surface area contributed by atoms with Crippen LogP contribution in [-0.2, 0) is 4.79 Å². The van der Waals surface area contributed by atoms with Gasteiger partial charge in [0.05, 0.1) is 24.5 Å². The molecule has 1 fully saturated rings. The van der Waals surface area contributed by atoms with Gasteiger partial charge in [-0.3, -0.25) is 10.1 Å². The lowest BCUT2D eigenvalue weighted by Crippen LogP contribution is -2.19. The van der Waals surface area contributed by atoms with Crippen molar-refractivity contribution in [1.82, 2.24) is 5.32 Å². The number of methoxy groups -OCH3 is 1. The molecule has 0 atom stereocenters. The zero-order valence-electron chi connectivity index (χ0n) is 12.2. The van der Waals surface area contributed by atoms with Crippen molar-refractivity contribution in [3.63, 3.8) is 0 Å². The van der Waals surface area contributed by atoms with Crippen molar-refractivity contribution >= 4 is 35.1 Å². The summed E-state index contributed by atoms with van der Waals surface area (Å²) < 4.78 is 10.2. The first-order valence-electron chi connectivity index (χ1n) is 6.74. The smallest absolute Gasteiger partial charge is 0.264 e. The number of ether oxygens (including phenoxy) is 1. The van der Waals surface area contributed by atoms with Crippen molar-refractivity contribution < 1.29 is 13.9 Å². The van der Waals surface area contributed by atoms with Gasteiger partial charge in [0, 0.05) is 0 Å². The molecule has 116 valence electrons. The van der Waals surface area contributed by atoms with Gasteiger partial charge in [0.15, 0.2) is 5.17 Å². The number of nitrogens with one attached hydrogen (secondary N) is 1. The number of carbonyl (C=O) groups is 1. The van der Waals surface area contributed by atoms with E-state index in [1.165, 1.54) is 18.0 Å². The molecule has 3 rings (SSSR count). The second-order valence-corrected chi connectivity index (χ2v) is 5.53. The van der Waals surface area contributed by atoms with Gasteiger partial charge < -0.3 is 9.15 Å². The van der Waals surface area contributed by atoms with Crippen molar-refractivity contribution in [1.29, 1.82) is 0 Å². The number of hydrogen-bond donors (Lipinski definition) is 1. The fourth-order valence-corrected chi connectivity index (χ4v) is 2.61. The summed E-state index contributed by atoms with van der Waals surface area (Å²) in [4.78, 5) is 12.5. The van der Waals surface area contributed by atoms with E-state index in [4.69, 9.17) is 9.15 Å². The van der Waals surface area contributed by atoms with Crippen LogP contribution in [0.1, 0.15) is 11.3 Å². The Kier molecular flexibility index (Phi) is 4.58. The first kappa shape index (κ1) is 15.1. The number of furan rings is 1. The Labute approximate surface area is 136 Å². The Morgan fingerprint density at radius 2 is 2.09 bits per heavy atom. The van der Waals surface area contributed by atoms with Gasteiger partial charge in [-0.1, -0.05) is 12.1 Å². The lowest BCUT2D eigenvalue weighted by atomic mass is 10.2. The van der Waals surface area contributed by atoms with Crippen LogP contribution >= 0.6 is 11.8 Å². The van der Waals surface area contributed by atoms with E-state index in [-0.39, 0.29) is 5.91 Å². The van der Waals surface area contributed by atoms with Crippen molar-refractivity contribution in [3.8, 4) is 5.75 Å². The van der Waals surface area contributed by atoms with Crippen LogP contribution in [0.5, 0.6) is 5.75 Å². The standard InChI is InChI=1S/C16H13N3O3S/c1-21-12-6-4-11(5-7-12)9-14-15(20)18-16(23-14)19-17-10-13-3-2-8-22-13/h2-10H,1H3,(H,18,19,20)/b14-9-,17-10-. The quantitative estimate of drug-likeness (QED) is 0.532. The van der Waals surface area contributed by atoms with Crippen LogP contribution in [0.4, 0.5) is 0 Å². The predicted octanol–water partition coefficient (Wildman–Crippen LogP) is 2.88. The Morgan fingerprint density at radius 1 is 1.26 bits per heavy atom. The van der Waals surface area contributed by atoms with E-state index in [9.17, 15) is 4.79 Å². The first-order chi connectivity index (χ1) is 11.2. The Balaban J connectivity index is 1.70. The number of thioether (sulfide) groups is 1. The van der Waals surface area contributed by atoms with Crippen LogP contribution in [0.25, 0.3) is 6.08 Å². The Bertz CT molecular complexity index is 777. The van der Waals surface area contributed by atoms with Crippen LogP contribution in [0.3, 0.4) is 0 Å². The SMILES string of the molecule is COc1ccc(/C=C2\S/C(=N/N=C\c3ccco3)NC2=O)cc1. The maximum atomic E-state index is 11.9. The molecule has 1 saturated heterocycles. The van der Waals surface area contributed by atoms with Gasteiger partial charge in [-0.2, -0.15) is 5.10 Å². The van der Waals surface area contributed by atoms with Gasteiger partial charge in [0.2, 0.25) is 0 Å². The minimum atomic E-state index is -0.197. The molecule has 1 aromatic heterocycles. The number of benzene rings is 1. The molecule has 1 N–H and O–H groups in total. The molecule has 0 saturated carbocycles. The summed E-state index contributed by atoms with van der Waals surface area (Å²) >= 11 is 1.24. The fraction of sp³-hybridized carbons (Fsp3) is 0.0625. The van der Waals surface area contributed by atoms with E-state index in [2.05, 4.69) is 15.5 Å². The van der Waals surface area contributed by atoms with Gasteiger partial charge in [-0.15, -0.1) is 5.10 Å². The van der Waals surface area contributed by atoms with Gasteiger partial charge in [0.1, 0.15) is 11.5 Å². The zero-order valence-corrected chi connectivity index (χ0v) is 13.0. The first-order valence-corrected chi connectivity index (χ1v) is 7.56. The molecular formula is C16H13N3O3S. The van der Waals surface area contributed by atoms with Crippen molar-refractivity contribution in [2.45, 2.75) is 0 Å². The zero-order chi connectivity index (χ0) is 16.1. The normalized spacial score (nSPS) is 18.0. The number of nitrogens with zero attached hydrogens (tertiary/aromatic N) is 2. The molecule has 7 heteroatoms. The number of amidine groups is 1. The molecule has 2 aromatic rings. The molecule has 23 heavy (non-hydrogen) atoms. The van der Waals surface area contributed by atoms with Gasteiger partial charge in [-0.25, -0.2) is 0 Å². The molecule has 0 radical (unpaired) electrons. The van der Waals surface area contributed by atoms with Crippen molar-refractivity contribution in [2.75, 3.05) is 7.11 Å². The summed E-state index contributed by atoms with van der Waals surface area (Å²) in [7, 11) is 1.61. The molecule has 1 aliphatic heterocycles. The monoisotopic (exact) mass is 327 g/mol. The predicted molar refractivity (Wildman–Crippen MR) is 90.4 cm³/mol. The van der Waals surface area contributed by atoms with Crippen LogP contribution < -0.4 is 10.1 Å². The summed E-state index contributed by atoms with van der Waals surface area (Å²) in [5, 5.41) is 10.9. The van der Waals surface area contributed by atoms with Crippen molar-refractivity contribution in [2.24, 2.45) is 10.2 Å². The molecule has 0 aliphatic carbocycles. The third kappa shape index (κ3) is 3.89. The molecule has 2 heterocycles. The summed E-state index contributed by atoms with van der Waals surface area (Å²) in [6.07, 6.45) is 4.82. The topological polar surface area (TPSA) is 76.2 Å². The third-order valence-corrected chi connectivity index (χ3v) is 3.84. The molecular weight excluding hydrogens is 314 g/mol. The van der Waals surface area contributed by atoms with Crippen LogP contribution in [0.15, 0.2) is 62.2 Å². The minimum absolute atomic E-state index is 0.197. The lowest BCUT2D eigenvalue weighted by Gasteiger charge is -1.99. The van der Waals surface area contributed by atoms with Gasteiger partial charge >= 0.3 is 0 Å². The highest BCUT2D eigenvalue weighted by Gasteiger charge is 2.23. The summed E-state index contributed by atoms with van der Waals surface area (Å²) in [5.74, 6) is 1.17. The van der Waals surface area contributed by atoms with Gasteiger partial charge in [0.25, 0.3) is 5.91 Å². The average molecular weight is 327 g/mol. The molecule has 1 amide bonds. The Hall–Kier alpha value is -2.80.